The maximum atomic E-state index is 12.1. The van der Waals surface area contributed by atoms with Crippen molar-refractivity contribution in [3.8, 4) is 11.8 Å². The smallest absolute Gasteiger partial charge is 0.343 e. The third kappa shape index (κ3) is 4.44. The standard InChI is InChI=1S/C16H17NO2/c1-11(2)9-15(12(3)4)16(18)19-14-7-5-13(10-17)6-8-14/h5-9H,1-4H3. The molecule has 19 heavy (non-hydrogen) atoms. The summed E-state index contributed by atoms with van der Waals surface area (Å²) in [7, 11) is 0. The van der Waals surface area contributed by atoms with Crippen molar-refractivity contribution >= 4 is 5.97 Å². The summed E-state index contributed by atoms with van der Waals surface area (Å²) in [5.74, 6) is 0.0517. The minimum Gasteiger partial charge on any atom is -0.423 e. The highest BCUT2D eigenvalue weighted by molar-refractivity contribution is 5.94. The maximum absolute atomic E-state index is 12.1. The van der Waals surface area contributed by atoms with Crippen LogP contribution in [0.25, 0.3) is 0 Å². The number of nitrogens with zero attached hydrogens (tertiary/aromatic N) is 1. The predicted molar refractivity (Wildman–Crippen MR) is 74.6 cm³/mol. The second-order valence-electron chi connectivity index (χ2n) is 4.66. The molecule has 1 aromatic rings. The van der Waals surface area contributed by atoms with Gasteiger partial charge < -0.3 is 4.74 Å². The van der Waals surface area contributed by atoms with Crippen molar-refractivity contribution in [3.05, 3.63) is 52.6 Å². The molecule has 0 aliphatic carbocycles. The fourth-order valence-electron chi connectivity index (χ4n) is 1.46. The van der Waals surface area contributed by atoms with Crippen LogP contribution in [0.15, 0.2) is 47.1 Å². The molecule has 0 saturated carbocycles. The molecule has 3 nitrogen and oxygen atoms in total. The molecule has 3 heteroatoms. The molecule has 0 amide bonds. The molecular formula is C16H17NO2. The number of rotatable bonds is 3. The Morgan fingerprint density at radius 3 is 2.16 bits per heavy atom. The lowest BCUT2D eigenvalue weighted by molar-refractivity contribution is -0.129. The minimum absolute atomic E-state index is 0.383. The zero-order valence-corrected chi connectivity index (χ0v) is 11.7. The van der Waals surface area contributed by atoms with Gasteiger partial charge in [0.15, 0.2) is 0 Å². The van der Waals surface area contributed by atoms with Crippen LogP contribution in [0.3, 0.4) is 0 Å². The van der Waals surface area contributed by atoms with E-state index in [0.29, 0.717) is 16.9 Å². The van der Waals surface area contributed by atoms with Crippen molar-refractivity contribution in [1.29, 1.82) is 5.26 Å². The van der Waals surface area contributed by atoms with Gasteiger partial charge in [0.1, 0.15) is 5.75 Å². The first-order valence-electron chi connectivity index (χ1n) is 5.98. The SMILES string of the molecule is CC(C)=CC(C(=O)Oc1ccc(C#N)cc1)=C(C)C. The number of esters is 1. The van der Waals surface area contributed by atoms with Gasteiger partial charge in [-0.3, -0.25) is 0 Å². The Kier molecular flexibility index (Phi) is 5.08. The summed E-state index contributed by atoms with van der Waals surface area (Å²) in [6, 6.07) is 8.47. The first-order valence-corrected chi connectivity index (χ1v) is 5.98. The van der Waals surface area contributed by atoms with E-state index in [1.807, 2.05) is 33.8 Å². The van der Waals surface area contributed by atoms with E-state index in [9.17, 15) is 4.79 Å². The lowest BCUT2D eigenvalue weighted by atomic mass is 10.1. The van der Waals surface area contributed by atoms with Crippen molar-refractivity contribution in [2.45, 2.75) is 27.7 Å². The number of nitriles is 1. The molecule has 0 spiro atoms. The van der Waals surface area contributed by atoms with E-state index < -0.39 is 0 Å². The fraction of sp³-hybridized carbons (Fsp3) is 0.250. The summed E-state index contributed by atoms with van der Waals surface area (Å²) in [6.07, 6.45) is 1.81. The van der Waals surface area contributed by atoms with Crippen molar-refractivity contribution < 1.29 is 9.53 Å². The Labute approximate surface area is 113 Å². The highest BCUT2D eigenvalue weighted by atomic mass is 16.5. The van der Waals surface area contributed by atoms with Gasteiger partial charge in [-0.05, 0) is 58.0 Å². The van der Waals surface area contributed by atoms with Gasteiger partial charge in [0.05, 0.1) is 17.2 Å². The van der Waals surface area contributed by atoms with E-state index in [2.05, 4.69) is 0 Å². The first-order chi connectivity index (χ1) is 8.93. The topological polar surface area (TPSA) is 50.1 Å². The molecule has 0 aliphatic heterocycles. The van der Waals surface area contributed by atoms with Gasteiger partial charge in [-0.15, -0.1) is 0 Å². The minimum atomic E-state index is -0.383. The van der Waals surface area contributed by atoms with Crippen molar-refractivity contribution in [1.82, 2.24) is 0 Å². The highest BCUT2D eigenvalue weighted by Gasteiger charge is 2.11. The van der Waals surface area contributed by atoms with Gasteiger partial charge in [0, 0.05) is 0 Å². The maximum Gasteiger partial charge on any atom is 0.343 e. The zero-order valence-electron chi connectivity index (χ0n) is 11.7. The van der Waals surface area contributed by atoms with Crippen LogP contribution in [0.5, 0.6) is 5.75 Å². The molecule has 0 heterocycles. The molecule has 1 rings (SSSR count). The van der Waals surface area contributed by atoms with Gasteiger partial charge in [0.2, 0.25) is 0 Å². The quantitative estimate of drug-likeness (QED) is 0.357. The van der Waals surface area contributed by atoms with Gasteiger partial charge >= 0.3 is 5.97 Å². The lowest BCUT2D eigenvalue weighted by Gasteiger charge is -2.07. The van der Waals surface area contributed by atoms with E-state index in [0.717, 1.165) is 11.1 Å². The van der Waals surface area contributed by atoms with E-state index in [-0.39, 0.29) is 5.97 Å². The summed E-state index contributed by atoms with van der Waals surface area (Å²) in [5.41, 5.74) is 3.03. The average Bonchev–Trinajstić information content (AvgIpc) is 2.36. The van der Waals surface area contributed by atoms with Crippen LogP contribution >= 0.6 is 0 Å². The summed E-state index contributed by atoms with van der Waals surface area (Å²) in [6.45, 7) is 7.60. The Morgan fingerprint density at radius 2 is 1.74 bits per heavy atom. The molecule has 1 aromatic carbocycles. The van der Waals surface area contributed by atoms with Crippen LogP contribution in [0.2, 0.25) is 0 Å². The van der Waals surface area contributed by atoms with Gasteiger partial charge in [-0.25, -0.2) is 4.79 Å². The van der Waals surface area contributed by atoms with Crippen LogP contribution in [-0.2, 0) is 4.79 Å². The molecule has 0 atom stereocenters. The van der Waals surface area contributed by atoms with Crippen LogP contribution in [0.4, 0.5) is 0 Å². The van der Waals surface area contributed by atoms with Crippen LogP contribution in [0, 0.1) is 11.3 Å². The molecule has 0 aliphatic rings. The zero-order chi connectivity index (χ0) is 14.4. The Bertz CT molecular complexity index is 564. The number of carbonyl (C=O) groups excluding carboxylic acids is 1. The van der Waals surface area contributed by atoms with E-state index in [1.165, 1.54) is 0 Å². The summed E-state index contributed by atoms with van der Waals surface area (Å²) in [4.78, 5) is 12.1. The Morgan fingerprint density at radius 1 is 1.16 bits per heavy atom. The molecule has 98 valence electrons. The molecule has 0 N–H and O–H groups in total. The van der Waals surface area contributed by atoms with Crippen LogP contribution in [-0.4, -0.2) is 5.97 Å². The first kappa shape index (κ1) is 14.7. The molecular weight excluding hydrogens is 238 g/mol. The largest absolute Gasteiger partial charge is 0.423 e. The highest BCUT2D eigenvalue weighted by Crippen LogP contribution is 2.16. The van der Waals surface area contributed by atoms with Crippen LogP contribution in [0.1, 0.15) is 33.3 Å². The van der Waals surface area contributed by atoms with Gasteiger partial charge in [0.25, 0.3) is 0 Å². The van der Waals surface area contributed by atoms with Gasteiger partial charge in [-0.2, -0.15) is 5.26 Å². The third-order valence-electron chi connectivity index (χ3n) is 2.39. The molecule has 0 saturated heterocycles. The second kappa shape index (κ2) is 6.55. The fourth-order valence-corrected chi connectivity index (χ4v) is 1.46. The van der Waals surface area contributed by atoms with Crippen molar-refractivity contribution in [2.24, 2.45) is 0 Å². The molecule has 0 fully saturated rings. The molecule has 0 aromatic heterocycles. The van der Waals surface area contributed by atoms with E-state index in [1.54, 1.807) is 30.3 Å². The molecule has 0 radical (unpaired) electrons. The third-order valence-corrected chi connectivity index (χ3v) is 2.39. The van der Waals surface area contributed by atoms with E-state index in [4.69, 9.17) is 10.00 Å². The molecule has 0 bridgehead atoms. The number of hydrogen-bond acceptors (Lipinski definition) is 3. The normalized spacial score (nSPS) is 9.21. The number of benzene rings is 1. The number of hydrogen-bond donors (Lipinski definition) is 0. The Balaban J connectivity index is 2.92. The summed E-state index contributed by atoms with van der Waals surface area (Å²) < 4.78 is 5.29. The van der Waals surface area contributed by atoms with Crippen molar-refractivity contribution in [2.75, 3.05) is 0 Å². The van der Waals surface area contributed by atoms with E-state index >= 15 is 0 Å². The van der Waals surface area contributed by atoms with Crippen LogP contribution < -0.4 is 4.74 Å². The lowest BCUT2D eigenvalue weighted by Crippen LogP contribution is -2.11. The monoisotopic (exact) mass is 255 g/mol. The number of allylic oxidation sites excluding steroid dienone is 2. The van der Waals surface area contributed by atoms with Crippen molar-refractivity contribution in [3.63, 3.8) is 0 Å². The number of ether oxygens (including phenoxy) is 1. The average molecular weight is 255 g/mol. The Hall–Kier alpha value is -2.34. The summed E-state index contributed by atoms with van der Waals surface area (Å²) in [5, 5.41) is 8.70. The number of carbonyl (C=O) groups is 1. The second-order valence-corrected chi connectivity index (χ2v) is 4.66. The van der Waals surface area contributed by atoms with Gasteiger partial charge in [-0.1, -0.05) is 11.1 Å². The summed E-state index contributed by atoms with van der Waals surface area (Å²) >= 11 is 0. The predicted octanol–water partition coefficient (Wildman–Crippen LogP) is 3.77. The molecule has 0 unspecified atom stereocenters.